The van der Waals surface area contributed by atoms with Crippen molar-refractivity contribution in [3.05, 3.63) is 27.0 Å². The number of methoxy groups -OCH3 is 2. The Morgan fingerprint density at radius 3 is 2.71 bits per heavy atom. The minimum atomic E-state index is -1.18. The zero-order chi connectivity index (χ0) is 17.9. The molecule has 1 aliphatic rings. The van der Waals surface area contributed by atoms with Crippen LogP contribution >= 0.6 is 0 Å². The molecule has 0 saturated carbocycles. The normalized spacial score (nSPS) is 26.3. The molecule has 1 aliphatic heterocycles. The number of aliphatic hydroxyl groups excluding tert-OH is 2. The van der Waals surface area contributed by atoms with Gasteiger partial charge in [0, 0.05) is 7.11 Å². The molecule has 2 rings (SSSR count). The van der Waals surface area contributed by atoms with Gasteiger partial charge in [0.05, 0.1) is 19.9 Å². The smallest absolute Gasteiger partial charge is 0.343 e. The molecular formula is C13H18N2O9. The molecule has 0 amide bonds. The first kappa shape index (κ1) is 18.1. The molecule has 11 nitrogen and oxygen atoms in total. The number of rotatable bonds is 6. The quantitative estimate of drug-likeness (QED) is 0.470. The highest BCUT2D eigenvalue weighted by atomic mass is 16.6. The van der Waals surface area contributed by atoms with Gasteiger partial charge < -0.3 is 29.2 Å². The first-order valence-electron chi connectivity index (χ1n) is 6.95. The average Bonchev–Trinajstić information content (AvgIpc) is 2.89. The maximum absolute atomic E-state index is 12.0. The molecule has 0 spiro atoms. The molecule has 4 atom stereocenters. The number of nitrogens with zero attached hydrogens (tertiary/aromatic N) is 1. The van der Waals surface area contributed by atoms with Gasteiger partial charge in [-0.15, -0.1) is 0 Å². The number of H-pyrrole nitrogens is 1. The van der Waals surface area contributed by atoms with Crippen molar-refractivity contribution in [2.75, 3.05) is 27.4 Å². The van der Waals surface area contributed by atoms with E-state index in [-0.39, 0.29) is 5.75 Å². The number of aromatic amines is 1. The van der Waals surface area contributed by atoms with Crippen LogP contribution in [-0.2, 0) is 19.0 Å². The Morgan fingerprint density at radius 1 is 1.42 bits per heavy atom. The number of aromatic nitrogens is 2. The highest BCUT2D eigenvalue weighted by Gasteiger charge is 2.45. The van der Waals surface area contributed by atoms with Crippen molar-refractivity contribution >= 4 is 5.97 Å². The number of hydrogen-bond donors (Lipinski definition) is 3. The summed E-state index contributed by atoms with van der Waals surface area (Å²) in [6.45, 7) is -1.01. The van der Waals surface area contributed by atoms with Gasteiger partial charge in [-0.1, -0.05) is 0 Å². The molecule has 1 aromatic rings. The first-order chi connectivity index (χ1) is 11.4. The summed E-state index contributed by atoms with van der Waals surface area (Å²) in [5.41, 5.74) is -1.67. The number of ether oxygens (including phenoxy) is 4. The summed E-state index contributed by atoms with van der Waals surface area (Å²) < 4.78 is 20.9. The summed E-state index contributed by atoms with van der Waals surface area (Å²) in [5, 5.41) is 19.2. The van der Waals surface area contributed by atoms with Gasteiger partial charge >= 0.3 is 11.7 Å². The molecule has 2 heterocycles. The molecule has 1 unspecified atom stereocenters. The third-order valence-corrected chi connectivity index (χ3v) is 3.55. The molecule has 1 aromatic heterocycles. The van der Waals surface area contributed by atoms with Gasteiger partial charge in [-0.3, -0.25) is 14.3 Å². The highest BCUT2D eigenvalue weighted by Crippen LogP contribution is 2.30. The molecule has 3 N–H and O–H groups in total. The Bertz CT molecular complexity index is 697. The van der Waals surface area contributed by atoms with E-state index in [0.717, 1.165) is 17.9 Å². The average molecular weight is 346 g/mol. The van der Waals surface area contributed by atoms with Gasteiger partial charge in [0.1, 0.15) is 18.3 Å². The minimum Gasteiger partial charge on any atom is -0.475 e. The first-order valence-corrected chi connectivity index (χ1v) is 6.95. The van der Waals surface area contributed by atoms with E-state index in [0.29, 0.717) is 0 Å². The molecule has 134 valence electrons. The van der Waals surface area contributed by atoms with E-state index in [2.05, 4.69) is 4.74 Å². The van der Waals surface area contributed by atoms with Crippen LogP contribution in [0.4, 0.5) is 0 Å². The van der Waals surface area contributed by atoms with Crippen molar-refractivity contribution in [2.45, 2.75) is 24.5 Å². The Hall–Kier alpha value is -2.21. The van der Waals surface area contributed by atoms with Gasteiger partial charge in [0.2, 0.25) is 5.75 Å². The van der Waals surface area contributed by atoms with Crippen molar-refractivity contribution in [3.63, 3.8) is 0 Å². The number of nitrogens with one attached hydrogen (secondary N) is 1. The number of aliphatic hydroxyl groups is 2. The van der Waals surface area contributed by atoms with E-state index in [1.54, 1.807) is 0 Å². The maximum Gasteiger partial charge on any atom is 0.343 e. The SMILES string of the molecule is COC(=O)COc1cn([C@@H]2O[C@H](CO)C(O)[C@@H]2OC)c(=O)[nH]c1=O. The Kier molecular flexibility index (Phi) is 5.72. The summed E-state index contributed by atoms with van der Waals surface area (Å²) in [4.78, 5) is 36.9. The van der Waals surface area contributed by atoms with Crippen molar-refractivity contribution in [1.29, 1.82) is 0 Å². The Labute approximate surface area is 135 Å². The summed E-state index contributed by atoms with van der Waals surface area (Å²) in [6.07, 6.45) is -3.17. The Balaban J connectivity index is 2.34. The number of carbonyl (C=O) groups is 1. The van der Waals surface area contributed by atoms with Crippen LogP contribution in [0.5, 0.6) is 5.75 Å². The van der Waals surface area contributed by atoms with E-state index < -0.39 is 55.0 Å². The predicted octanol–water partition coefficient (Wildman–Crippen LogP) is -2.65. The van der Waals surface area contributed by atoms with Gasteiger partial charge in [0.15, 0.2) is 12.8 Å². The number of hydrogen-bond acceptors (Lipinski definition) is 9. The second-order valence-electron chi connectivity index (χ2n) is 4.96. The zero-order valence-electron chi connectivity index (χ0n) is 13.0. The number of carbonyl (C=O) groups excluding carboxylic acids is 1. The van der Waals surface area contributed by atoms with Crippen LogP contribution in [0.1, 0.15) is 6.23 Å². The van der Waals surface area contributed by atoms with Crippen molar-refractivity contribution in [2.24, 2.45) is 0 Å². The molecular weight excluding hydrogens is 328 g/mol. The van der Waals surface area contributed by atoms with Crippen molar-refractivity contribution < 1.29 is 34.0 Å². The van der Waals surface area contributed by atoms with Gasteiger partial charge in [-0.05, 0) is 0 Å². The van der Waals surface area contributed by atoms with Gasteiger partial charge in [-0.25, -0.2) is 9.59 Å². The third-order valence-electron chi connectivity index (χ3n) is 3.55. The molecule has 24 heavy (non-hydrogen) atoms. The Morgan fingerprint density at radius 2 is 2.12 bits per heavy atom. The fraction of sp³-hybridized carbons (Fsp3) is 0.615. The fourth-order valence-corrected chi connectivity index (χ4v) is 2.30. The van der Waals surface area contributed by atoms with E-state index in [9.17, 15) is 24.6 Å². The van der Waals surface area contributed by atoms with Crippen LogP contribution in [0.2, 0.25) is 0 Å². The second kappa shape index (κ2) is 7.57. The molecule has 0 radical (unpaired) electrons. The standard InChI is InChI=1S/C13H18N2O9/c1-21-8(17)5-23-6-3-15(13(20)14-11(6)19)12-10(22-2)9(18)7(4-16)24-12/h3,7,9-10,12,16,18H,4-5H2,1-2H3,(H,14,19,20)/t7-,9?,10+,12-/m1/s1. The summed E-state index contributed by atoms with van der Waals surface area (Å²) >= 11 is 0. The van der Waals surface area contributed by atoms with Crippen LogP contribution in [0.25, 0.3) is 0 Å². The topological polar surface area (TPSA) is 149 Å². The van der Waals surface area contributed by atoms with E-state index in [1.165, 1.54) is 7.11 Å². The van der Waals surface area contributed by atoms with Crippen molar-refractivity contribution in [3.8, 4) is 5.75 Å². The van der Waals surface area contributed by atoms with Gasteiger partial charge in [-0.2, -0.15) is 0 Å². The predicted molar refractivity (Wildman–Crippen MR) is 76.6 cm³/mol. The largest absolute Gasteiger partial charge is 0.475 e. The van der Waals surface area contributed by atoms with Crippen LogP contribution in [-0.4, -0.2) is 71.5 Å². The van der Waals surface area contributed by atoms with E-state index in [4.69, 9.17) is 14.2 Å². The van der Waals surface area contributed by atoms with Crippen LogP contribution in [0, 0.1) is 0 Å². The number of esters is 1. The lowest BCUT2D eigenvalue weighted by Gasteiger charge is -2.20. The lowest BCUT2D eigenvalue weighted by atomic mass is 10.1. The summed E-state index contributed by atoms with van der Waals surface area (Å²) in [7, 11) is 2.46. The molecule has 11 heteroatoms. The third kappa shape index (κ3) is 3.48. The van der Waals surface area contributed by atoms with Crippen molar-refractivity contribution in [1.82, 2.24) is 9.55 Å². The fourth-order valence-electron chi connectivity index (χ4n) is 2.30. The van der Waals surface area contributed by atoms with Crippen LogP contribution in [0.15, 0.2) is 15.8 Å². The lowest BCUT2D eigenvalue weighted by molar-refractivity contribution is -0.142. The zero-order valence-corrected chi connectivity index (χ0v) is 13.0. The second-order valence-corrected chi connectivity index (χ2v) is 4.96. The van der Waals surface area contributed by atoms with E-state index >= 15 is 0 Å². The van der Waals surface area contributed by atoms with Crippen LogP contribution < -0.4 is 16.0 Å². The molecule has 0 bridgehead atoms. The maximum atomic E-state index is 12.0. The summed E-state index contributed by atoms with van der Waals surface area (Å²) in [6, 6.07) is 0. The van der Waals surface area contributed by atoms with Gasteiger partial charge in [0.25, 0.3) is 5.56 Å². The molecule has 0 aromatic carbocycles. The molecule has 1 saturated heterocycles. The highest BCUT2D eigenvalue weighted by molar-refractivity contribution is 5.70. The lowest BCUT2D eigenvalue weighted by Crippen LogP contribution is -2.39. The monoisotopic (exact) mass is 346 g/mol. The summed E-state index contributed by atoms with van der Waals surface area (Å²) in [5.74, 6) is -1.03. The molecule has 0 aliphatic carbocycles. The molecule has 1 fully saturated rings. The van der Waals surface area contributed by atoms with Crippen LogP contribution in [0.3, 0.4) is 0 Å². The van der Waals surface area contributed by atoms with E-state index in [1.807, 2.05) is 4.98 Å². The minimum absolute atomic E-state index is 0.319.